The van der Waals surface area contributed by atoms with Gasteiger partial charge < -0.3 is 19.5 Å². The molecule has 0 radical (unpaired) electrons. The number of rotatable bonds is 8. The zero-order chi connectivity index (χ0) is 18.8. The fraction of sp³-hybridized carbons (Fsp3) is 0.706. The molecule has 138 valence electrons. The third kappa shape index (κ3) is 9.29. The number of nitrogens with one attached hydrogen (secondary N) is 1. The van der Waals surface area contributed by atoms with Crippen molar-refractivity contribution in [1.82, 2.24) is 4.90 Å². The molecule has 0 aromatic rings. The molecule has 7 heteroatoms. The summed E-state index contributed by atoms with van der Waals surface area (Å²) < 4.78 is 11.1. The third-order valence-electron chi connectivity index (χ3n) is 3.07. The predicted octanol–water partition coefficient (Wildman–Crippen LogP) is 2.98. The van der Waals surface area contributed by atoms with Crippen LogP contribution in [0.3, 0.4) is 0 Å². The Morgan fingerprint density at radius 1 is 1.42 bits per heavy atom. The highest BCUT2D eigenvalue weighted by molar-refractivity contribution is 5.98. The lowest BCUT2D eigenvalue weighted by Crippen LogP contribution is -2.38. The average Bonchev–Trinajstić information content (AvgIpc) is 2.51. The molecule has 24 heavy (non-hydrogen) atoms. The third-order valence-corrected chi connectivity index (χ3v) is 3.07. The van der Waals surface area contributed by atoms with Gasteiger partial charge in [-0.2, -0.15) is 4.99 Å². The van der Waals surface area contributed by atoms with Crippen molar-refractivity contribution in [2.24, 2.45) is 4.99 Å². The van der Waals surface area contributed by atoms with Crippen molar-refractivity contribution in [2.75, 3.05) is 19.7 Å². The molecule has 0 aliphatic heterocycles. The minimum atomic E-state index is -0.529. The van der Waals surface area contributed by atoms with Crippen LogP contribution < -0.4 is 0 Å². The highest BCUT2D eigenvalue weighted by Gasteiger charge is 2.22. The minimum Gasteiger partial charge on any atom is -0.474 e. The molecule has 0 rings (SSSR count). The van der Waals surface area contributed by atoms with E-state index >= 15 is 0 Å². The maximum absolute atomic E-state index is 12.1. The summed E-state index contributed by atoms with van der Waals surface area (Å²) in [5.74, 6) is 0.00455. The number of hydrogen-bond donors (Lipinski definition) is 2. The van der Waals surface area contributed by atoms with E-state index in [0.29, 0.717) is 25.9 Å². The normalized spacial score (nSPS) is 13.2. The molecule has 7 nitrogen and oxygen atoms in total. The maximum atomic E-state index is 12.1. The topological polar surface area (TPSA) is 95.2 Å². The first-order valence-corrected chi connectivity index (χ1v) is 8.20. The molecule has 0 spiro atoms. The van der Waals surface area contributed by atoms with Gasteiger partial charge in [0.25, 0.3) is 0 Å². The van der Waals surface area contributed by atoms with E-state index in [2.05, 4.69) is 11.6 Å². The van der Waals surface area contributed by atoms with E-state index in [9.17, 15) is 4.79 Å². The summed E-state index contributed by atoms with van der Waals surface area (Å²) in [5.41, 5.74) is -0.529. The average molecular weight is 341 g/mol. The van der Waals surface area contributed by atoms with Gasteiger partial charge in [-0.05, 0) is 40.2 Å². The number of amides is 1. The van der Waals surface area contributed by atoms with Crippen molar-refractivity contribution in [3.8, 4) is 0 Å². The van der Waals surface area contributed by atoms with Crippen molar-refractivity contribution >= 4 is 17.8 Å². The van der Waals surface area contributed by atoms with Gasteiger partial charge in [0.15, 0.2) is 0 Å². The van der Waals surface area contributed by atoms with Crippen LogP contribution in [0.25, 0.3) is 0 Å². The van der Waals surface area contributed by atoms with Crippen molar-refractivity contribution < 1.29 is 19.4 Å². The van der Waals surface area contributed by atoms with E-state index in [-0.39, 0.29) is 23.9 Å². The van der Waals surface area contributed by atoms with Gasteiger partial charge in [0.1, 0.15) is 24.1 Å². The highest BCUT2D eigenvalue weighted by Crippen LogP contribution is 2.12. The Morgan fingerprint density at radius 3 is 2.46 bits per heavy atom. The number of carbonyl (C=O) groups excluding carboxylic acids is 1. The Kier molecular flexibility index (Phi) is 9.95. The standard InChI is InChI=1S/C17H31N3O4/c1-7-13(23-15(8-2)19-14(18)12-21)10-11-20(9-3)16(22)24-17(4,5)6/h8,13,18,21H,2,7,9-12H2,1,3-6H3. The van der Waals surface area contributed by atoms with E-state index in [1.807, 2.05) is 34.6 Å². The SMILES string of the molecule is C=CC(=NC(=N)CO)OC(CC)CCN(CC)C(=O)OC(C)(C)C. The summed E-state index contributed by atoms with van der Waals surface area (Å²) in [6.45, 7) is 13.5. The summed E-state index contributed by atoms with van der Waals surface area (Å²) in [7, 11) is 0. The van der Waals surface area contributed by atoms with Crippen LogP contribution in [0.2, 0.25) is 0 Å². The van der Waals surface area contributed by atoms with Gasteiger partial charge in [-0.25, -0.2) is 4.79 Å². The van der Waals surface area contributed by atoms with Gasteiger partial charge in [-0.3, -0.25) is 5.41 Å². The molecule has 2 N–H and O–H groups in total. The van der Waals surface area contributed by atoms with Gasteiger partial charge in [-0.1, -0.05) is 13.5 Å². The number of nitrogens with zero attached hydrogens (tertiary/aromatic N) is 2. The van der Waals surface area contributed by atoms with Crippen molar-refractivity contribution in [3.05, 3.63) is 12.7 Å². The van der Waals surface area contributed by atoms with Gasteiger partial charge in [0, 0.05) is 19.5 Å². The zero-order valence-electron chi connectivity index (χ0n) is 15.5. The van der Waals surface area contributed by atoms with E-state index in [1.54, 1.807) is 4.90 Å². The lowest BCUT2D eigenvalue weighted by Gasteiger charge is -2.27. The fourth-order valence-corrected chi connectivity index (χ4v) is 1.81. The molecule has 0 aromatic carbocycles. The Balaban J connectivity index is 4.70. The molecule has 1 atom stereocenters. The second-order valence-corrected chi connectivity index (χ2v) is 6.26. The van der Waals surface area contributed by atoms with E-state index < -0.39 is 12.2 Å². The van der Waals surface area contributed by atoms with Gasteiger partial charge in [0.05, 0.1) is 0 Å². The summed E-state index contributed by atoms with van der Waals surface area (Å²) in [4.78, 5) is 17.6. The monoisotopic (exact) mass is 341 g/mol. The summed E-state index contributed by atoms with van der Waals surface area (Å²) in [6.07, 6.45) is 2.19. The number of hydrogen-bond acceptors (Lipinski definition) is 5. The Morgan fingerprint density at radius 2 is 2.04 bits per heavy atom. The molecule has 1 unspecified atom stereocenters. The first kappa shape index (κ1) is 22.1. The van der Waals surface area contributed by atoms with Crippen LogP contribution in [-0.2, 0) is 9.47 Å². The maximum Gasteiger partial charge on any atom is 0.410 e. The highest BCUT2D eigenvalue weighted by atomic mass is 16.6. The number of amidine groups is 1. The molecule has 0 fully saturated rings. The Bertz CT molecular complexity index is 455. The van der Waals surface area contributed by atoms with Crippen LogP contribution >= 0.6 is 0 Å². The van der Waals surface area contributed by atoms with Gasteiger partial charge >= 0.3 is 6.09 Å². The van der Waals surface area contributed by atoms with Crippen LogP contribution in [-0.4, -0.2) is 59.2 Å². The number of aliphatic hydroxyl groups is 1. The largest absolute Gasteiger partial charge is 0.474 e. The van der Waals surface area contributed by atoms with Crippen LogP contribution in [0.1, 0.15) is 47.5 Å². The number of carbonyl (C=O) groups is 1. The van der Waals surface area contributed by atoms with E-state index in [0.717, 1.165) is 0 Å². The molecule has 0 heterocycles. The fourth-order valence-electron chi connectivity index (χ4n) is 1.81. The number of aliphatic hydroxyl groups excluding tert-OH is 1. The smallest absolute Gasteiger partial charge is 0.410 e. The predicted molar refractivity (Wildman–Crippen MR) is 95.7 cm³/mol. The van der Waals surface area contributed by atoms with Crippen LogP contribution in [0, 0.1) is 5.41 Å². The molecular weight excluding hydrogens is 310 g/mol. The minimum absolute atomic E-state index is 0.176. The molecule has 0 aliphatic rings. The molecule has 0 bridgehead atoms. The Labute approximate surface area is 144 Å². The quantitative estimate of drug-likeness (QED) is 0.524. The van der Waals surface area contributed by atoms with Crippen LogP contribution in [0.4, 0.5) is 4.79 Å². The van der Waals surface area contributed by atoms with E-state index in [1.165, 1.54) is 6.08 Å². The van der Waals surface area contributed by atoms with E-state index in [4.69, 9.17) is 20.0 Å². The summed E-state index contributed by atoms with van der Waals surface area (Å²) in [6, 6.07) is 0. The first-order chi connectivity index (χ1) is 11.2. The van der Waals surface area contributed by atoms with Crippen LogP contribution in [0.5, 0.6) is 0 Å². The molecule has 0 aliphatic carbocycles. The summed E-state index contributed by atoms with van der Waals surface area (Å²) in [5, 5.41) is 16.2. The lowest BCUT2D eigenvalue weighted by atomic mass is 10.2. The first-order valence-electron chi connectivity index (χ1n) is 8.20. The van der Waals surface area contributed by atoms with Gasteiger partial charge in [-0.15, -0.1) is 0 Å². The van der Waals surface area contributed by atoms with Crippen molar-refractivity contribution in [3.63, 3.8) is 0 Å². The molecular formula is C17H31N3O4. The van der Waals surface area contributed by atoms with Crippen molar-refractivity contribution in [2.45, 2.75) is 59.2 Å². The van der Waals surface area contributed by atoms with Crippen LogP contribution in [0.15, 0.2) is 17.6 Å². The Hall–Kier alpha value is -1.89. The second-order valence-electron chi connectivity index (χ2n) is 6.26. The second kappa shape index (κ2) is 10.8. The van der Waals surface area contributed by atoms with Gasteiger partial charge in [0.2, 0.25) is 5.90 Å². The number of ether oxygens (including phenoxy) is 2. The molecule has 0 aromatic heterocycles. The zero-order valence-corrected chi connectivity index (χ0v) is 15.5. The molecule has 0 saturated heterocycles. The molecule has 0 saturated carbocycles. The lowest BCUT2D eigenvalue weighted by molar-refractivity contribution is 0.0235. The number of aliphatic imine (C=N–C) groups is 1. The molecule has 1 amide bonds. The summed E-state index contributed by atoms with van der Waals surface area (Å²) >= 11 is 0. The van der Waals surface area contributed by atoms with Crippen molar-refractivity contribution in [1.29, 1.82) is 5.41 Å².